The first-order valence-corrected chi connectivity index (χ1v) is 5.74. The van der Waals surface area contributed by atoms with E-state index in [0.29, 0.717) is 0 Å². The Morgan fingerprint density at radius 3 is 2.28 bits per heavy atom. The van der Waals surface area contributed by atoms with Crippen LogP contribution in [0.1, 0.15) is 19.4 Å². The van der Waals surface area contributed by atoms with Crippen molar-refractivity contribution in [2.75, 3.05) is 0 Å². The second kappa shape index (κ2) is 6.14. The quantitative estimate of drug-likeness (QED) is 0.820. The van der Waals surface area contributed by atoms with Crippen LogP contribution < -0.4 is 11.1 Å². The molecule has 0 spiro atoms. The molecule has 0 saturated heterocycles. The van der Waals surface area contributed by atoms with Crippen LogP contribution in [0, 0.1) is 11.7 Å². The number of benzene rings is 1. The first-order chi connectivity index (χ1) is 8.40. The predicted octanol–water partition coefficient (Wildman–Crippen LogP) is 0.994. The lowest BCUT2D eigenvalue weighted by Crippen LogP contribution is -2.47. The molecule has 0 heterocycles. The maximum absolute atomic E-state index is 12.7. The lowest BCUT2D eigenvalue weighted by molar-refractivity contribution is -0.129. The highest BCUT2D eigenvalue weighted by Crippen LogP contribution is 2.06. The minimum atomic E-state index is -0.773. The fourth-order valence-corrected chi connectivity index (χ4v) is 1.42. The summed E-state index contributed by atoms with van der Waals surface area (Å²) in [6, 6.07) is 4.96. The zero-order valence-corrected chi connectivity index (χ0v) is 10.4. The molecule has 5 heteroatoms. The molecule has 0 aliphatic rings. The van der Waals surface area contributed by atoms with Crippen LogP contribution in [0.2, 0.25) is 0 Å². The Morgan fingerprint density at radius 1 is 1.28 bits per heavy atom. The number of hydrogen-bond acceptors (Lipinski definition) is 2. The summed E-state index contributed by atoms with van der Waals surface area (Å²) in [7, 11) is 0. The van der Waals surface area contributed by atoms with Gasteiger partial charge >= 0.3 is 0 Å². The van der Waals surface area contributed by atoms with E-state index in [1.807, 2.05) is 0 Å². The summed E-state index contributed by atoms with van der Waals surface area (Å²) < 4.78 is 12.7. The molecule has 0 aliphatic heterocycles. The molecule has 18 heavy (non-hydrogen) atoms. The van der Waals surface area contributed by atoms with E-state index >= 15 is 0 Å². The minimum absolute atomic E-state index is 0.222. The van der Waals surface area contributed by atoms with Gasteiger partial charge in [-0.2, -0.15) is 0 Å². The van der Waals surface area contributed by atoms with Crippen LogP contribution in [0.25, 0.3) is 0 Å². The number of carbonyl (C=O) groups excluding carboxylic acids is 2. The maximum atomic E-state index is 12.7. The number of nitrogens with one attached hydrogen (secondary N) is 1. The van der Waals surface area contributed by atoms with Gasteiger partial charge in [-0.05, 0) is 17.7 Å². The largest absolute Gasteiger partial charge is 0.368 e. The van der Waals surface area contributed by atoms with E-state index in [0.717, 1.165) is 5.56 Å². The fourth-order valence-electron chi connectivity index (χ4n) is 1.42. The molecular weight excluding hydrogens is 235 g/mol. The third-order valence-corrected chi connectivity index (χ3v) is 2.54. The summed E-state index contributed by atoms with van der Waals surface area (Å²) in [6.45, 7) is 3.45. The fraction of sp³-hybridized carbons (Fsp3) is 0.385. The van der Waals surface area contributed by atoms with Gasteiger partial charge in [0.15, 0.2) is 0 Å². The predicted molar refractivity (Wildman–Crippen MR) is 66.1 cm³/mol. The lowest BCUT2D eigenvalue weighted by Gasteiger charge is -2.17. The van der Waals surface area contributed by atoms with Gasteiger partial charge in [-0.15, -0.1) is 0 Å². The Bertz CT molecular complexity index is 429. The van der Waals surface area contributed by atoms with Gasteiger partial charge in [0.1, 0.15) is 11.9 Å². The zero-order valence-electron chi connectivity index (χ0n) is 10.4. The van der Waals surface area contributed by atoms with Crippen molar-refractivity contribution < 1.29 is 14.0 Å². The second-order valence-corrected chi connectivity index (χ2v) is 4.45. The number of primary amides is 1. The van der Waals surface area contributed by atoms with Crippen LogP contribution in [-0.2, 0) is 16.0 Å². The molecule has 0 unspecified atom stereocenters. The van der Waals surface area contributed by atoms with Crippen LogP contribution in [0.15, 0.2) is 24.3 Å². The molecule has 2 amide bonds. The number of hydrogen-bond donors (Lipinski definition) is 2. The van der Waals surface area contributed by atoms with E-state index in [1.165, 1.54) is 12.1 Å². The highest BCUT2D eigenvalue weighted by molar-refractivity contribution is 5.87. The molecule has 0 radical (unpaired) electrons. The van der Waals surface area contributed by atoms with Gasteiger partial charge in [0.05, 0.1) is 0 Å². The molecule has 0 bridgehead atoms. The van der Waals surface area contributed by atoms with E-state index in [-0.39, 0.29) is 24.1 Å². The Hall–Kier alpha value is -1.91. The average molecular weight is 252 g/mol. The molecule has 0 aromatic heterocycles. The van der Waals surface area contributed by atoms with E-state index in [9.17, 15) is 14.0 Å². The zero-order chi connectivity index (χ0) is 13.7. The van der Waals surface area contributed by atoms with Crippen LogP contribution in [0.4, 0.5) is 4.39 Å². The van der Waals surface area contributed by atoms with Gasteiger partial charge in [-0.25, -0.2) is 4.39 Å². The number of amides is 2. The van der Waals surface area contributed by atoms with Gasteiger partial charge in [0.2, 0.25) is 11.8 Å². The Balaban J connectivity index is 2.72. The molecule has 0 aliphatic carbocycles. The molecule has 1 aromatic rings. The van der Waals surface area contributed by atoms with E-state index in [4.69, 9.17) is 5.73 Å². The van der Waals surface area contributed by atoms with Crippen molar-refractivity contribution in [1.29, 1.82) is 0 Å². The van der Waals surface area contributed by atoms with Gasteiger partial charge in [-0.1, -0.05) is 26.0 Å². The molecule has 4 nitrogen and oxygen atoms in total. The van der Waals surface area contributed by atoms with Crippen LogP contribution in [0.5, 0.6) is 0 Å². The summed E-state index contributed by atoms with van der Waals surface area (Å²) in [5, 5.41) is 2.57. The van der Waals surface area contributed by atoms with Gasteiger partial charge in [0.25, 0.3) is 0 Å². The lowest BCUT2D eigenvalue weighted by atomic mass is 10.0. The minimum Gasteiger partial charge on any atom is -0.368 e. The molecule has 3 N–H and O–H groups in total. The summed E-state index contributed by atoms with van der Waals surface area (Å²) in [4.78, 5) is 22.8. The Labute approximate surface area is 105 Å². The van der Waals surface area contributed by atoms with Crippen molar-refractivity contribution in [3.05, 3.63) is 35.6 Å². The highest BCUT2D eigenvalue weighted by atomic mass is 19.1. The number of halogens is 1. The van der Waals surface area contributed by atoms with Gasteiger partial charge in [0, 0.05) is 12.3 Å². The molecule has 0 saturated carbocycles. The topological polar surface area (TPSA) is 72.2 Å². The molecule has 1 aromatic carbocycles. The van der Waals surface area contributed by atoms with Crippen LogP contribution >= 0.6 is 0 Å². The van der Waals surface area contributed by atoms with Crippen molar-refractivity contribution in [2.24, 2.45) is 11.7 Å². The first kappa shape index (κ1) is 14.2. The molecular formula is C13H17FN2O2. The summed E-state index contributed by atoms with van der Waals surface area (Å²) in [5.74, 6) is -1.41. The van der Waals surface area contributed by atoms with Crippen molar-refractivity contribution in [3.8, 4) is 0 Å². The number of nitrogens with two attached hydrogens (primary N) is 1. The normalized spacial score (nSPS) is 12.2. The number of rotatable bonds is 5. The van der Waals surface area contributed by atoms with Crippen LogP contribution in [0.3, 0.4) is 0 Å². The van der Waals surface area contributed by atoms with Gasteiger partial charge < -0.3 is 11.1 Å². The van der Waals surface area contributed by atoms with E-state index in [2.05, 4.69) is 5.32 Å². The van der Waals surface area contributed by atoms with E-state index < -0.39 is 11.9 Å². The summed E-state index contributed by atoms with van der Waals surface area (Å²) >= 11 is 0. The van der Waals surface area contributed by atoms with E-state index in [1.54, 1.807) is 26.0 Å². The molecule has 0 fully saturated rings. The van der Waals surface area contributed by atoms with Crippen molar-refractivity contribution in [3.63, 3.8) is 0 Å². The SMILES string of the molecule is CC(C)C(=O)N[C@@H](Cc1ccc(F)cc1)C(N)=O. The Kier molecular flexibility index (Phi) is 4.83. The maximum Gasteiger partial charge on any atom is 0.240 e. The smallest absolute Gasteiger partial charge is 0.240 e. The third-order valence-electron chi connectivity index (χ3n) is 2.54. The Morgan fingerprint density at radius 2 is 1.83 bits per heavy atom. The summed E-state index contributed by atoms with van der Waals surface area (Å²) in [6.07, 6.45) is 0.258. The molecule has 1 rings (SSSR count). The monoisotopic (exact) mass is 252 g/mol. The first-order valence-electron chi connectivity index (χ1n) is 5.74. The standard InChI is InChI=1S/C13H17FN2O2/c1-8(2)13(18)16-11(12(15)17)7-9-3-5-10(14)6-4-9/h3-6,8,11H,7H2,1-2H3,(H2,15,17)(H,16,18)/t11-/m0/s1. The molecule has 1 atom stereocenters. The molecule has 98 valence electrons. The van der Waals surface area contributed by atoms with Gasteiger partial charge in [-0.3, -0.25) is 9.59 Å². The summed E-state index contributed by atoms with van der Waals surface area (Å²) in [5.41, 5.74) is 5.98. The van der Waals surface area contributed by atoms with Crippen molar-refractivity contribution >= 4 is 11.8 Å². The number of carbonyl (C=O) groups is 2. The third kappa shape index (κ3) is 4.16. The second-order valence-electron chi connectivity index (χ2n) is 4.45. The average Bonchev–Trinajstić information content (AvgIpc) is 2.30. The van der Waals surface area contributed by atoms with Crippen molar-refractivity contribution in [1.82, 2.24) is 5.32 Å². The highest BCUT2D eigenvalue weighted by Gasteiger charge is 2.19. The van der Waals surface area contributed by atoms with Crippen LogP contribution in [-0.4, -0.2) is 17.9 Å². The van der Waals surface area contributed by atoms with Crippen molar-refractivity contribution in [2.45, 2.75) is 26.3 Å².